The summed E-state index contributed by atoms with van der Waals surface area (Å²) in [5.41, 5.74) is 6.61. The Morgan fingerprint density at radius 3 is 2.72 bits per heavy atom. The number of nitrogens with two attached hydrogens (primary N) is 1. The molecule has 0 saturated heterocycles. The van der Waals surface area contributed by atoms with Crippen molar-refractivity contribution in [1.29, 1.82) is 0 Å². The summed E-state index contributed by atoms with van der Waals surface area (Å²) in [5.74, 6) is 0.850. The Morgan fingerprint density at radius 1 is 1.39 bits per heavy atom. The van der Waals surface area contributed by atoms with Gasteiger partial charge in [-0.15, -0.1) is 0 Å². The molecule has 1 rings (SSSR count). The Balaban J connectivity index is 2.49. The molecule has 0 radical (unpaired) electrons. The fourth-order valence-electron chi connectivity index (χ4n) is 1.44. The second-order valence-corrected chi connectivity index (χ2v) is 5.37. The van der Waals surface area contributed by atoms with Gasteiger partial charge in [0.2, 0.25) is 0 Å². The molecule has 0 amide bonds. The van der Waals surface area contributed by atoms with Crippen LogP contribution in [-0.2, 0) is 11.3 Å². The zero-order valence-electron chi connectivity index (χ0n) is 11.2. The zero-order chi connectivity index (χ0) is 13.6. The van der Waals surface area contributed by atoms with Gasteiger partial charge in [0.1, 0.15) is 5.75 Å². The molecule has 4 heteroatoms. The minimum atomic E-state index is -0.167. The maximum absolute atomic E-state index is 5.71. The van der Waals surface area contributed by atoms with E-state index in [0.717, 1.165) is 17.7 Å². The first kappa shape index (κ1) is 14.9. The molecule has 0 aliphatic carbocycles. The first-order chi connectivity index (χ1) is 8.45. The zero-order valence-corrected chi connectivity index (χ0v) is 12.0. The maximum Gasteiger partial charge on any atom is 0.119 e. The Hall–Kier alpha value is -1.13. The van der Waals surface area contributed by atoms with Crippen LogP contribution in [0.4, 0.5) is 0 Å². The van der Waals surface area contributed by atoms with Gasteiger partial charge in [0.05, 0.1) is 18.2 Å². The lowest BCUT2D eigenvalue weighted by molar-refractivity contribution is 0.184. The summed E-state index contributed by atoms with van der Waals surface area (Å²) in [6, 6.07) is 7.89. The Kier molecular flexibility index (Phi) is 5.56. The fourth-order valence-corrected chi connectivity index (χ4v) is 1.54. The monoisotopic (exact) mass is 267 g/mol. The second-order valence-electron chi connectivity index (χ2n) is 4.93. The van der Waals surface area contributed by atoms with Gasteiger partial charge >= 0.3 is 0 Å². The quantitative estimate of drug-likeness (QED) is 0.772. The summed E-state index contributed by atoms with van der Waals surface area (Å²) in [6.45, 7) is 5.25. The molecule has 1 aromatic carbocycles. The number of thiocarbonyl (C=S) groups is 1. The van der Waals surface area contributed by atoms with Gasteiger partial charge in [-0.2, -0.15) is 0 Å². The van der Waals surface area contributed by atoms with E-state index >= 15 is 0 Å². The van der Waals surface area contributed by atoms with Crippen LogP contribution in [0.3, 0.4) is 0 Å². The van der Waals surface area contributed by atoms with Crippen molar-refractivity contribution in [3.63, 3.8) is 0 Å². The highest BCUT2D eigenvalue weighted by Gasteiger charge is 2.21. The van der Waals surface area contributed by atoms with Crippen LogP contribution in [-0.4, -0.2) is 18.7 Å². The van der Waals surface area contributed by atoms with E-state index in [9.17, 15) is 0 Å². The highest BCUT2D eigenvalue weighted by Crippen LogP contribution is 2.21. The van der Waals surface area contributed by atoms with Crippen LogP contribution < -0.4 is 10.5 Å². The lowest BCUT2D eigenvalue weighted by Crippen LogP contribution is -2.31. The minimum absolute atomic E-state index is 0.167. The number of rotatable bonds is 7. The third kappa shape index (κ3) is 4.63. The van der Waals surface area contributed by atoms with E-state index in [4.69, 9.17) is 27.4 Å². The largest absolute Gasteiger partial charge is 0.494 e. The predicted octanol–water partition coefficient (Wildman–Crippen LogP) is 2.91. The van der Waals surface area contributed by atoms with Crippen molar-refractivity contribution in [1.82, 2.24) is 0 Å². The van der Waals surface area contributed by atoms with Gasteiger partial charge in [-0.05, 0) is 24.1 Å². The molecule has 0 aliphatic rings. The van der Waals surface area contributed by atoms with E-state index in [1.165, 1.54) is 0 Å². The fraction of sp³-hybridized carbons (Fsp3) is 0.500. The molecule has 100 valence electrons. The van der Waals surface area contributed by atoms with Crippen LogP contribution in [0.2, 0.25) is 0 Å². The summed E-state index contributed by atoms with van der Waals surface area (Å²) in [7, 11) is 1.68. The third-order valence-corrected chi connectivity index (χ3v) is 3.42. The Morgan fingerprint density at radius 2 is 2.11 bits per heavy atom. The van der Waals surface area contributed by atoms with Crippen molar-refractivity contribution in [3.05, 3.63) is 29.8 Å². The summed E-state index contributed by atoms with van der Waals surface area (Å²) >= 11 is 5.02. The average molecular weight is 267 g/mol. The highest BCUT2D eigenvalue weighted by molar-refractivity contribution is 7.80. The van der Waals surface area contributed by atoms with E-state index in [2.05, 4.69) is 0 Å². The first-order valence-corrected chi connectivity index (χ1v) is 6.37. The molecule has 1 aromatic rings. The molecule has 0 fully saturated rings. The van der Waals surface area contributed by atoms with E-state index in [1.807, 2.05) is 38.1 Å². The molecular formula is C14H21NO2S. The lowest BCUT2D eigenvalue weighted by Gasteiger charge is -2.22. The highest BCUT2D eigenvalue weighted by atomic mass is 32.1. The first-order valence-electron chi connectivity index (χ1n) is 5.96. The van der Waals surface area contributed by atoms with E-state index in [1.54, 1.807) is 7.11 Å². The minimum Gasteiger partial charge on any atom is -0.494 e. The number of benzene rings is 1. The van der Waals surface area contributed by atoms with Crippen LogP contribution >= 0.6 is 12.2 Å². The summed E-state index contributed by atoms with van der Waals surface area (Å²) in [5, 5.41) is 0. The van der Waals surface area contributed by atoms with Gasteiger partial charge in [-0.1, -0.05) is 38.2 Å². The number of hydrogen-bond acceptors (Lipinski definition) is 3. The molecule has 3 nitrogen and oxygen atoms in total. The molecule has 0 aliphatic heterocycles. The van der Waals surface area contributed by atoms with Crippen LogP contribution in [0.25, 0.3) is 0 Å². The molecule has 0 unspecified atom stereocenters. The van der Waals surface area contributed by atoms with Crippen molar-refractivity contribution < 1.29 is 9.47 Å². The summed E-state index contributed by atoms with van der Waals surface area (Å²) < 4.78 is 10.8. The van der Waals surface area contributed by atoms with Crippen LogP contribution in [0, 0.1) is 5.41 Å². The van der Waals surface area contributed by atoms with Crippen molar-refractivity contribution in [2.75, 3.05) is 13.7 Å². The van der Waals surface area contributed by atoms with Gasteiger partial charge in [-0.25, -0.2) is 0 Å². The molecule has 18 heavy (non-hydrogen) atoms. The summed E-state index contributed by atoms with van der Waals surface area (Å²) in [6.07, 6.45) is 0.802. The van der Waals surface area contributed by atoms with Gasteiger partial charge in [-0.3, -0.25) is 0 Å². The second kappa shape index (κ2) is 6.71. The average Bonchev–Trinajstić information content (AvgIpc) is 2.29. The number of ether oxygens (including phenoxy) is 2. The smallest absolute Gasteiger partial charge is 0.119 e. The molecule has 0 aromatic heterocycles. The van der Waals surface area contributed by atoms with Crippen molar-refractivity contribution in [2.45, 2.75) is 26.9 Å². The van der Waals surface area contributed by atoms with E-state index < -0.39 is 0 Å². The lowest BCUT2D eigenvalue weighted by atomic mass is 9.90. The number of hydrogen-bond donors (Lipinski definition) is 1. The topological polar surface area (TPSA) is 44.5 Å². The molecule has 0 bridgehead atoms. The van der Waals surface area contributed by atoms with Crippen LogP contribution in [0.15, 0.2) is 24.3 Å². The molecule has 2 N–H and O–H groups in total. The van der Waals surface area contributed by atoms with Crippen LogP contribution in [0.5, 0.6) is 5.75 Å². The normalized spacial score (nSPS) is 11.3. The molecule has 0 heterocycles. The Bertz CT molecular complexity index is 405. The van der Waals surface area contributed by atoms with E-state index in [-0.39, 0.29) is 5.41 Å². The van der Waals surface area contributed by atoms with Crippen molar-refractivity contribution in [3.8, 4) is 5.75 Å². The SMILES string of the molecule is COCc1cccc(OCCC(C)(C)C(N)=S)c1. The standard InChI is InChI=1S/C14H21NO2S/c1-14(2,13(15)18)7-8-17-12-6-4-5-11(9-12)10-16-3/h4-6,9H,7-8,10H2,1-3H3,(H2,15,18). The molecular weight excluding hydrogens is 246 g/mol. The van der Waals surface area contributed by atoms with Gasteiger partial charge in [0, 0.05) is 12.5 Å². The molecule has 0 spiro atoms. The van der Waals surface area contributed by atoms with Crippen LogP contribution in [0.1, 0.15) is 25.8 Å². The molecule has 0 saturated carbocycles. The molecule has 0 atom stereocenters. The summed E-state index contributed by atoms with van der Waals surface area (Å²) in [4.78, 5) is 0.527. The third-order valence-electron chi connectivity index (χ3n) is 2.87. The Labute approximate surface area is 114 Å². The van der Waals surface area contributed by atoms with E-state index in [0.29, 0.717) is 18.2 Å². The van der Waals surface area contributed by atoms with Gasteiger partial charge < -0.3 is 15.2 Å². The van der Waals surface area contributed by atoms with Crippen molar-refractivity contribution >= 4 is 17.2 Å². The van der Waals surface area contributed by atoms with Gasteiger partial charge in [0.15, 0.2) is 0 Å². The number of methoxy groups -OCH3 is 1. The van der Waals surface area contributed by atoms with Crippen molar-refractivity contribution in [2.24, 2.45) is 11.1 Å². The maximum atomic E-state index is 5.71. The predicted molar refractivity (Wildman–Crippen MR) is 77.8 cm³/mol. The van der Waals surface area contributed by atoms with Gasteiger partial charge in [0.25, 0.3) is 0 Å².